The Hall–Kier alpha value is -2.80. The molecule has 2 amide bonds. The van der Waals surface area contributed by atoms with Gasteiger partial charge in [0.1, 0.15) is 11.5 Å². The van der Waals surface area contributed by atoms with Crippen LogP contribution in [0.25, 0.3) is 0 Å². The molecule has 0 unspecified atom stereocenters. The minimum Gasteiger partial charge on any atom is -0.458 e. The van der Waals surface area contributed by atoms with Crippen LogP contribution < -0.4 is 10.6 Å². The predicted octanol–water partition coefficient (Wildman–Crippen LogP) is 5.25. The average molecular weight is 451 g/mol. The maximum atomic E-state index is 12.0. The van der Waals surface area contributed by atoms with E-state index in [1.807, 2.05) is 0 Å². The van der Waals surface area contributed by atoms with Crippen LogP contribution in [-0.4, -0.2) is 18.0 Å². The number of rotatable bonds is 5. The molecule has 1 heterocycles. The molecule has 0 fully saturated rings. The van der Waals surface area contributed by atoms with Crippen molar-refractivity contribution in [3.8, 4) is 0 Å². The summed E-state index contributed by atoms with van der Waals surface area (Å²) >= 11 is 17.5. The molecule has 6 nitrogen and oxygen atoms in total. The number of halogens is 3. The molecule has 1 aromatic heterocycles. The third-order valence-electron chi connectivity index (χ3n) is 3.66. The molecule has 0 aliphatic heterocycles. The zero-order chi connectivity index (χ0) is 20.8. The number of carbonyl (C=O) groups is 2. The fourth-order valence-corrected chi connectivity index (χ4v) is 2.66. The van der Waals surface area contributed by atoms with Crippen LogP contribution in [0, 0.1) is 0 Å². The number of hydrogen-bond acceptors (Lipinski definition) is 4. The summed E-state index contributed by atoms with van der Waals surface area (Å²) in [5.41, 5.74) is 1.08. The highest BCUT2D eigenvalue weighted by atomic mass is 35.5. The van der Waals surface area contributed by atoms with Crippen molar-refractivity contribution in [2.45, 2.75) is 6.54 Å². The summed E-state index contributed by atoms with van der Waals surface area (Å²) < 4.78 is 5.55. The summed E-state index contributed by atoms with van der Waals surface area (Å²) in [6, 6.07) is 14.9. The average Bonchev–Trinajstić information content (AvgIpc) is 3.16. The quantitative estimate of drug-likeness (QED) is 0.411. The lowest BCUT2D eigenvalue weighted by Gasteiger charge is -2.06. The van der Waals surface area contributed by atoms with E-state index < -0.39 is 11.8 Å². The second kappa shape index (κ2) is 9.60. The van der Waals surface area contributed by atoms with Crippen LogP contribution in [-0.2, 0) is 16.1 Å². The molecule has 9 heteroatoms. The second-order valence-corrected chi connectivity index (χ2v) is 7.06. The van der Waals surface area contributed by atoms with Crippen LogP contribution in [0.2, 0.25) is 15.1 Å². The Morgan fingerprint density at radius 1 is 0.931 bits per heavy atom. The van der Waals surface area contributed by atoms with Crippen LogP contribution in [0.15, 0.2) is 64.0 Å². The van der Waals surface area contributed by atoms with Crippen LogP contribution in [0.3, 0.4) is 0 Å². The third kappa shape index (κ3) is 6.09. The Bertz CT molecular complexity index is 1060. The summed E-state index contributed by atoms with van der Waals surface area (Å²) in [6.45, 7) is 0.0441. The summed E-state index contributed by atoms with van der Waals surface area (Å²) in [5, 5.41) is 6.16. The molecular weight excluding hydrogens is 437 g/mol. The van der Waals surface area contributed by atoms with Gasteiger partial charge < -0.3 is 15.1 Å². The fourth-order valence-electron chi connectivity index (χ4n) is 2.23. The SMILES string of the molecule is O=C(NCc1ccc(C=Nc2ccc(Cl)cc2)o1)C(=O)Nc1ccc(Cl)c(Cl)c1. The van der Waals surface area contributed by atoms with Gasteiger partial charge in [-0.1, -0.05) is 34.8 Å². The minimum atomic E-state index is -0.834. The van der Waals surface area contributed by atoms with Crippen molar-refractivity contribution in [3.05, 3.63) is 81.2 Å². The highest BCUT2D eigenvalue weighted by Gasteiger charge is 2.14. The highest BCUT2D eigenvalue weighted by Crippen LogP contribution is 2.25. The van der Waals surface area contributed by atoms with Crippen molar-refractivity contribution in [3.63, 3.8) is 0 Å². The predicted molar refractivity (Wildman–Crippen MR) is 114 cm³/mol. The summed E-state index contributed by atoms with van der Waals surface area (Å²) in [5.74, 6) is -0.675. The Morgan fingerprint density at radius 3 is 2.41 bits per heavy atom. The number of nitrogens with one attached hydrogen (secondary N) is 2. The molecule has 0 atom stereocenters. The van der Waals surface area contributed by atoms with Gasteiger partial charge in [-0.15, -0.1) is 0 Å². The van der Waals surface area contributed by atoms with E-state index in [-0.39, 0.29) is 11.6 Å². The lowest BCUT2D eigenvalue weighted by Crippen LogP contribution is -2.34. The molecule has 3 rings (SSSR count). The van der Waals surface area contributed by atoms with Crippen molar-refractivity contribution in [1.29, 1.82) is 0 Å². The molecule has 2 aromatic carbocycles. The zero-order valence-electron chi connectivity index (χ0n) is 14.8. The zero-order valence-corrected chi connectivity index (χ0v) is 17.1. The first-order valence-electron chi connectivity index (χ1n) is 8.33. The molecule has 148 valence electrons. The van der Waals surface area contributed by atoms with Gasteiger partial charge in [-0.2, -0.15) is 0 Å². The first kappa shape index (κ1) is 20.9. The van der Waals surface area contributed by atoms with Gasteiger partial charge >= 0.3 is 11.8 Å². The van der Waals surface area contributed by atoms with Crippen molar-refractivity contribution in [2.24, 2.45) is 4.99 Å². The maximum absolute atomic E-state index is 12.0. The Labute approximate surface area is 181 Å². The van der Waals surface area contributed by atoms with Crippen molar-refractivity contribution < 1.29 is 14.0 Å². The summed E-state index contributed by atoms with van der Waals surface area (Å²) in [6.07, 6.45) is 1.55. The van der Waals surface area contributed by atoms with E-state index in [1.165, 1.54) is 18.2 Å². The normalized spacial score (nSPS) is 10.9. The lowest BCUT2D eigenvalue weighted by molar-refractivity contribution is -0.136. The van der Waals surface area contributed by atoms with Gasteiger partial charge in [0, 0.05) is 10.7 Å². The van der Waals surface area contributed by atoms with Crippen LogP contribution in [0.4, 0.5) is 11.4 Å². The van der Waals surface area contributed by atoms with Gasteiger partial charge in [-0.05, 0) is 54.6 Å². The molecule has 0 saturated carbocycles. The second-order valence-electron chi connectivity index (χ2n) is 5.80. The van der Waals surface area contributed by atoms with Crippen LogP contribution in [0.1, 0.15) is 11.5 Å². The number of aliphatic imine (C=N–C) groups is 1. The van der Waals surface area contributed by atoms with E-state index in [0.717, 1.165) is 5.69 Å². The molecule has 0 aliphatic rings. The maximum Gasteiger partial charge on any atom is 0.313 e. The van der Waals surface area contributed by atoms with Gasteiger partial charge in [0.15, 0.2) is 0 Å². The first-order chi connectivity index (χ1) is 13.9. The van der Waals surface area contributed by atoms with E-state index in [9.17, 15) is 9.59 Å². The number of carbonyl (C=O) groups excluding carboxylic acids is 2. The Balaban J connectivity index is 1.51. The van der Waals surface area contributed by atoms with Gasteiger partial charge in [0.05, 0.1) is 28.5 Å². The van der Waals surface area contributed by atoms with Gasteiger partial charge in [0.2, 0.25) is 0 Å². The first-order valence-corrected chi connectivity index (χ1v) is 9.47. The third-order valence-corrected chi connectivity index (χ3v) is 4.65. The van der Waals surface area contributed by atoms with Crippen LogP contribution >= 0.6 is 34.8 Å². The number of benzene rings is 2. The monoisotopic (exact) mass is 449 g/mol. The smallest absolute Gasteiger partial charge is 0.313 e. The lowest BCUT2D eigenvalue weighted by atomic mass is 10.3. The number of amides is 2. The molecule has 0 bridgehead atoms. The number of anilines is 1. The van der Waals surface area contributed by atoms with Crippen molar-refractivity contribution in [2.75, 3.05) is 5.32 Å². The van der Waals surface area contributed by atoms with Gasteiger partial charge in [0.25, 0.3) is 0 Å². The van der Waals surface area contributed by atoms with Gasteiger partial charge in [-0.3, -0.25) is 14.6 Å². The fraction of sp³-hybridized carbons (Fsp3) is 0.0500. The molecule has 0 saturated heterocycles. The highest BCUT2D eigenvalue weighted by molar-refractivity contribution is 6.43. The molecule has 0 aliphatic carbocycles. The molecule has 3 aromatic rings. The Kier molecular flexibility index (Phi) is 6.93. The molecular formula is C20H14Cl3N3O3. The standard InChI is InChI=1S/C20H14Cl3N3O3/c21-12-1-3-13(4-2-12)24-10-15-6-7-16(29-15)11-25-19(27)20(28)26-14-5-8-17(22)18(23)9-14/h1-10H,11H2,(H,25,27)(H,26,28). The van der Waals surface area contributed by atoms with E-state index in [4.69, 9.17) is 39.2 Å². The summed E-state index contributed by atoms with van der Waals surface area (Å²) in [7, 11) is 0. The topological polar surface area (TPSA) is 83.7 Å². The van der Waals surface area contributed by atoms with Gasteiger partial charge in [-0.25, -0.2) is 0 Å². The molecule has 0 radical (unpaired) electrons. The van der Waals surface area contributed by atoms with E-state index in [2.05, 4.69) is 15.6 Å². The van der Waals surface area contributed by atoms with Crippen LogP contribution in [0.5, 0.6) is 0 Å². The number of furan rings is 1. The minimum absolute atomic E-state index is 0.0441. The molecule has 29 heavy (non-hydrogen) atoms. The molecule has 2 N–H and O–H groups in total. The van der Waals surface area contributed by atoms with E-state index in [1.54, 1.807) is 42.6 Å². The number of nitrogens with zero attached hydrogens (tertiary/aromatic N) is 1. The van der Waals surface area contributed by atoms with E-state index >= 15 is 0 Å². The Morgan fingerprint density at radius 2 is 1.69 bits per heavy atom. The van der Waals surface area contributed by atoms with E-state index in [0.29, 0.717) is 27.3 Å². The van der Waals surface area contributed by atoms with Crippen molar-refractivity contribution in [1.82, 2.24) is 5.32 Å². The molecule has 0 spiro atoms. The largest absolute Gasteiger partial charge is 0.458 e. The van der Waals surface area contributed by atoms with Crippen molar-refractivity contribution >= 4 is 64.2 Å². The summed E-state index contributed by atoms with van der Waals surface area (Å²) in [4.78, 5) is 28.2. The number of hydrogen-bond donors (Lipinski definition) is 2.